The van der Waals surface area contributed by atoms with Crippen LogP contribution in [-0.4, -0.2) is 30.3 Å². The van der Waals surface area contributed by atoms with Gasteiger partial charge in [0.1, 0.15) is 0 Å². The van der Waals surface area contributed by atoms with Crippen LogP contribution in [0, 0.1) is 0 Å². The summed E-state index contributed by atoms with van der Waals surface area (Å²) in [6.45, 7) is 1.39. The van der Waals surface area contributed by atoms with Crippen molar-refractivity contribution in [3.05, 3.63) is 17.0 Å². The molecule has 1 aromatic heterocycles. The van der Waals surface area contributed by atoms with Gasteiger partial charge in [-0.25, -0.2) is 0 Å². The molecule has 1 amide bonds. The number of aryl methyl sites for hydroxylation is 1. The lowest BCUT2D eigenvalue weighted by Gasteiger charge is -2.22. The highest BCUT2D eigenvalue weighted by atomic mass is 16.5. The summed E-state index contributed by atoms with van der Waals surface area (Å²) in [7, 11) is 0. The van der Waals surface area contributed by atoms with E-state index in [0.29, 0.717) is 12.4 Å². The molecule has 1 aliphatic carbocycles. The third kappa shape index (κ3) is 2.27. The number of hydrogen-bond acceptors (Lipinski definition) is 4. The molecule has 0 radical (unpaired) electrons. The first-order valence-electron chi connectivity index (χ1n) is 6.70. The van der Waals surface area contributed by atoms with Crippen LogP contribution in [0.4, 0.5) is 0 Å². The first kappa shape index (κ1) is 11.7. The van der Waals surface area contributed by atoms with Gasteiger partial charge < -0.3 is 14.6 Å². The SMILES string of the molecule is O=C(NC1CCCOC1)c1onc2c1CCCC2. The molecule has 98 valence electrons. The van der Waals surface area contributed by atoms with Crippen molar-refractivity contribution in [3.8, 4) is 0 Å². The second kappa shape index (κ2) is 5.10. The fraction of sp³-hybridized carbons (Fsp3) is 0.692. The molecule has 1 atom stereocenters. The molecule has 1 saturated heterocycles. The minimum absolute atomic E-state index is 0.107. The highest BCUT2D eigenvalue weighted by Gasteiger charge is 2.26. The molecule has 1 unspecified atom stereocenters. The van der Waals surface area contributed by atoms with Gasteiger partial charge in [-0.1, -0.05) is 5.16 Å². The van der Waals surface area contributed by atoms with E-state index in [1.54, 1.807) is 0 Å². The summed E-state index contributed by atoms with van der Waals surface area (Å²) in [5, 5.41) is 6.98. The summed E-state index contributed by atoms with van der Waals surface area (Å²) >= 11 is 0. The van der Waals surface area contributed by atoms with Crippen LogP contribution in [0.2, 0.25) is 0 Å². The summed E-state index contributed by atoms with van der Waals surface area (Å²) in [5.74, 6) is 0.274. The lowest BCUT2D eigenvalue weighted by molar-refractivity contribution is 0.0607. The predicted molar refractivity (Wildman–Crippen MR) is 64.5 cm³/mol. The van der Waals surface area contributed by atoms with Crippen molar-refractivity contribution >= 4 is 5.91 Å². The molecule has 1 aliphatic heterocycles. The zero-order valence-electron chi connectivity index (χ0n) is 10.4. The minimum atomic E-state index is -0.138. The van der Waals surface area contributed by atoms with Crippen LogP contribution >= 0.6 is 0 Å². The molecule has 3 rings (SSSR count). The Bertz CT molecular complexity index is 435. The van der Waals surface area contributed by atoms with E-state index in [-0.39, 0.29) is 11.9 Å². The second-order valence-electron chi connectivity index (χ2n) is 5.03. The molecule has 5 nitrogen and oxygen atoms in total. The number of amides is 1. The van der Waals surface area contributed by atoms with Gasteiger partial charge in [0.05, 0.1) is 18.3 Å². The lowest BCUT2D eigenvalue weighted by Crippen LogP contribution is -2.40. The molecule has 0 bridgehead atoms. The van der Waals surface area contributed by atoms with E-state index in [9.17, 15) is 4.79 Å². The van der Waals surface area contributed by atoms with Crippen molar-refractivity contribution in [1.82, 2.24) is 10.5 Å². The Hall–Kier alpha value is -1.36. The number of aromatic nitrogens is 1. The van der Waals surface area contributed by atoms with Gasteiger partial charge in [-0.3, -0.25) is 4.79 Å². The Kier molecular flexibility index (Phi) is 3.32. The van der Waals surface area contributed by atoms with Gasteiger partial charge in [-0.05, 0) is 38.5 Å². The summed E-state index contributed by atoms with van der Waals surface area (Å²) in [6.07, 6.45) is 6.06. The molecule has 2 aliphatic rings. The van der Waals surface area contributed by atoms with E-state index in [1.165, 1.54) is 0 Å². The van der Waals surface area contributed by atoms with Crippen molar-refractivity contribution in [2.75, 3.05) is 13.2 Å². The van der Waals surface area contributed by atoms with Gasteiger partial charge in [0.15, 0.2) is 0 Å². The Labute approximate surface area is 106 Å². The van der Waals surface area contributed by atoms with Gasteiger partial charge in [-0.15, -0.1) is 0 Å². The molecule has 0 spiro atoms. The highest BCUT2D eigenvalue weighted by Crippen LogP contribution is 2.24. The summed E-state index contributed by atoms with van der Waals surface area (Å²) < 4.78 is 10.6. The maximum absolute atomic E-state index is 12.1. The van der Waals surface area contributed by atoms with Crippen LogP contribution in [0.3, 0.4) is 0 Å². The van der Waals surface area contributed by atoms with Crippen molar-refractivity contribution in [1.29, 1.82) is 0 Å². The summed E-state index contributed by atoms with van der Waals surface area (Å²) in [4.78, 5) is 12.1. The van der Waals surface area contributed by atoms with Crippen molar-refractivity contribution in [2.45, 2.75) is 44.6 Å². The quantitative estimate of drug-likeness (QED) is 0.863. The van der Waals surface area contributed by atoms with Gasteiger partial charge in [-0.2, -0.15) is 0 Å². The second-order valence-corrected chi connectivity index (χ2v) is 5.03. The van der Waals surface area contributed by atoms with Crippen LogP contribution in [0.5, 0.6) is 0 Å². The van der Waals surface area contributed by atoms with Crippen LogP contribution in [0.15, 0.2) is 4.52 Å². The molecule has 2 heterocycles. The number of nitrogens with one attached hydrogen (secondary N) is 1. The Morgan fingerprint density at radius 3 is 3.00 bits per heavy atom. The number of carbonyl (C=O) groups excluding carboxylic acids is 1. The zero-order valence-corrected chi connectivity index (χ0v) is 10.4. The maximum Gasteiger partial charge on any atom is 0.290 e. The van der Waals surface area contributed by atoms with Crippen LogP contribution < -0.4 is 5.32 Å². The molecule has 5 heteroatoms. The first-order chi connectivity index (χ1) is 8.84. The van der Waals surface area contributed by atoms with E-state index >= 15 is 0 Å². The fourth-order valence-electron chi connectivity index (χ4n) is 2.67. The van der Waals surface area contributed by atoms with Crippen LogP contribution in [-0.2, 0) is 17.6 Å². The van der Waals surface area contributed by atoms with Gasteiger partial charge in [0.2, 0.25) is 5.76 Å². The molecule has 0 aromatic carbocycles. The minimum Gasteiger partial charge on any atom is -0.379 e. The highest BCUT2D eigenvalue weighted by molar-refractivity contribution is 5.93. The number of nitrogens with zero attached hydrogens (tertiary/aromatic N) is 1. The molecule has 0 saturated carbocycles. The normalized spacial score (nSPS) is 23.4. The first-order valence-corrected chi connectivity index (χ1v) is 6.70. The maximum atomic E-state index is 12.1. The standard InChI is InChI=1S/C13H18N2O3/c16-13(14-9-4-3-7-17-8-9)12-10-5-1-2-6-11(10)15-18-12/h9H,1-8H2,(H,14,16). The lowest BCUT2D eigenvalue weighted by atomic mass is 9.96. The topological polar surface area (TPSA) is 64.4 Å². The monoisotopic (exact) mass is 250 g/mol. The molecular formula is C13H18N2O3. The van der Waals surface area contributed by atoms with Crippen molar-refractivity contribution in [3.63, 3.8) is 0 Å². The number of carbonyl (C=O) groups is 1. The molecular weight excluding hydrogens is 232 g/mol. The Balaban J connectivity index is 1.70. The average Bonchev–Trinajstić information content (AvgIpc) is 2.84. The van der Waals surface area contributed by atoms with Crippen molar-refractivity contribution in [2.24, 2.45) is 0 Å². The zero-order chi connectivity index (χ0) is 12.4. The predicted octanol–water partition coefficient (Wildman–Crippen LogP) is 1.46. The van der Waals surface area contributed by atoms with E-state index in [2.05, 4.69) is 10.5 Å². The van der Waals surface area contributed by atoms with E-state index < -0.39 is 0 Å². The van der Waals surface area contributed by atoms with Gasteiger partial charge in [0.25, 0.3) is 5.91 Å². The Morgan fingerprint density at radius 2 is 2.17 bits per heavy atom. The third-order valence-corrected chi connectivity index (χ3v) is 3.66. The number of hydrogen-bond donors (Lipinski definition) is 1. The largest absolute Gasteiger partial charge is 0.379 e. The Morgan fingerprint density at radius 1 is 1.28 bits per heavy atom. The smallest absolute Gasteiger partial charge is 0.290 e. The van der Waals surface area contributed by atoms with Crippen molar-refractivity contribution < 1.29 is 14.1 Å². The average molecular weight is 250 g/mol. The van der Waals surface area contributed by atoms with E-state index in [1.807, 2.05) is 0 Å². The van der Waals surface area contributed by atoms with Gasteiger partial charge in [0, 0.05) is 12.2 Å². The summed E-state index contributed by atoms with van der Waals surface area (Å²) in [6, 6.07) is 0.107. The number of rotatable bonds is 2. The number of fused-ring (bicyclic) bond motifs is 1. The number of ether oxygens (including phenoxy) is 1. The summed E-state index contributed by atoms with van der Waals surface area (Å²) in [5.41, 5.74) is 1.97. The molecule has 1 N–H and O–H groups in total. The molecule has 1 aromatic rings. The van der Waals surface area contributed by atoms with E-state index in [4.69, 9.17) is 9.26 Å². The molecule has 1 fully saturated rings. The van der Waals surface area contributed by atoms with Gasteiger partial charge >= 0.3 is 0 Å². The van der Waals surface area contributed by atoms with Crippen LogP contribution in [0.25, 0.3) is 0 Å². The third-order valence-electron chi connectivity index (χ3n) is 3.66. The van der Waals surface area contributed by atoms with E-state index in [0.717, 1.165) is 56.4 Å². The molecule has 18 heavy (non-hydrogen) atoms. The fourth-order valence-corrected chi connectivity index (χ4v) is 2.67. The van der Waals surface area contributed by atoms with Crippen LogP contribution in [0.1, 0.15) is 47.5 Å².